The van der Waals surface area contributed by atoms with E-state index in [4.69, 9.17) is 0 Å². The number of fused-ring (bicyclic) bond motifs is 4. The Morgan fingerprint density at radius 3 is 2.73 bits per heavy atom. The first-order chi connectivity index (χ1) is 19.7. The van der Waals surface area contributed by atoms with Gasteiger partial charge in [0.25, 0.3) is 6.43 Å². The second kappa shape index (κ2) is 9.23. The molecule has 4 aromatic heterocycles. The van der Waals surface area contributed by atoms with E-state index in [1.54, 1.807) is 6.07 Å². The van der Waals surface area contributed by atoms with E-state index >= 15 is 0 Å². The van der Waals surface area contributed by atoms with Crippen molar-refractivity contribution in [3.05, 3.63) is 47.2 Å². The van der Waals surface area contributed by atoms with Gasteiger partial charge in [0.15, 0.2) is 10.7 Å². The van der Waals surface area contributed by atoms with Gasteiger partial charge in [-0.3, -0.25) is 4.57 Å². The first kappa shape index (κ1) is 25.9. The zero-order valence-corrected chi connectivity index (χ0v) is 23.3. The molecule has 0 unspecified atom stereocenters. The van der Waals surface area contributed by atoms with Crippen molar-refractivity contribution in [3.8, 4) is 11.2 Å². The Labute approximate surface area is 236 Å². The fourth-order valence-electron chi connectivity index (χ4n) is 5.27. The molecule has 1 N–H and O–H groups in total. The van der Waals surface area contributed by atoms with E-state index in [9.17, 15) is 22.5 Å². The number of anilines is 1. The highest BCUT2D eigenvalue weighted by molar-refractivity contribution is 7.89. The molecule has 1 aliphatic carbocycles. The second-order valence-electron chi connectivity index (χ2n) is 10.0. The van der Waals surface area contributed by atoms with E-state index in [2.05, 4.69) is 46.3 Å². The molecule has 2 aliphatic rings. The molecule has 210 valence electrons. The largest absolute Gasteiger partial charge is 0.347 e. The van der Waals surface area contributed by atoms with Gasteiger partial charge < -0.3 is 9.47 Å². The average molecular weight is 597 g/mol. The van der Waals surface area contributed by atoms with Crippen LogP contribution in [0.15, 0.2) is 35.6 Å². The van der Waals surface area contributed by atoms with Crippen molar-refractivity contribution in [3.63, 3.8) is 0 Å². The quantitative estimate of drug-likeness (QED) is 0.298. The highest BCUT2D eigenvalue weighted by atomic mass is 32.2. The summed E-state index contributed by atoms with van der Waals surface area (Å²) in [6.45, 7) is 3.95. The van der Waals surface area contributed by atoms with Crippen LogP contribution < -0.4 is 9.62 Å². The van der Waals surface area contributed by atoms with Gasteiger partial charge >= 0.3 is 0 Å². The fraction of sp³-hybridized carbons (Fsp3) is 0.360. The Bertz CT molecular complexity index is 1990. The summed E-state index contributed by atoms with van der Waals surface area (Å²) in [4.78, 5) is 15.7. The predicted molar refractivity (Wildman–Crippen MR) is 145 cm³/mol. The summed E-state index contributed by atoms with van der Waals surface area (Å²) < 4.78 is 59.7. The van der Waals surface area contributed by atoms with Crippen LogP contribution in [-0.2, 0) is 29.5 Å². The summed E-state index contributed by atoms with van der Waals surface area (Å²) in [5, 5.41) is 18.0. The zero-order valence-electron chi connectivity index (χ0n) is 21.6. The molecule has 0 saturated heterocycles. The van der Waals surface area contributed by atoms with Gasteiger partial charge in [-0.1, -0.05) is 24.3 Å². The van der Waals surface area contributed by atoms with Crippen LogP contribution in [-0.4, -0.2) is 54.8 Å². The minimum Gasteiger partial charge on any atom is -0.347 e. The minimum absolute atomic E-state index is 0.0733. The lowest BCUT2D eigenvalue weighted by atomic mass is 10.2. The number of halogens is 2. The van der Waals surface area contributed by atoms with Gasteiger partial charge in [0.1, 0.15) is 23.5 Å². The fourth-order valence-corrected chi connectivity index (χ4v) is 7.38. The molecule has 1 saturated carbocycles. The lowest BCUT2D eigenvalue weighted by Crippen LogP contribution is -2.35. The van der Waals surface area contributed by atoms with Crippen LogP contribution in [0.25, 0.3) is 27.1 Å². The Hall–Kier alpha value is -4.07. The monoisotopic (exact) mass is 596 g/mol. The van der Waals surface area contributed by atoms with E-state index in [1.165, 1.54) is 23.0 Å². The van der Waals surface area contributed by atoms with Gasteiger partial charge in [-0.15, -0.1) is 10.2 Å². The van der Waals surface area contributed by atoms with Crippen LogP contribution in [0.3, 0.4) is 0 Å². The molecule has 5 aromatic rings. The third-order valence-electron chi connectivity index (χ3n) is 7.52. The van der Waals surface area contributed by atoms with Crippen LogP contribution in [0.2, 0.25) is 0 Å². The van der Waals surface area contributed by atoms with Crippen molar-refractivity contribution >= 4 is 49.1 Å². The van der Waals surface area contributed by atoms with Gasteiger partial charge in [-0.2, -0.15) is 9.98 Å². The van der Waals surface area contributed by atoms with Gasteiger partial charge in [0.2, 0.25) is 15.2 Å². The zero-order chi connectivity index (χ0) is 28.5. The molecule has 5 heterocycles. The van der Waals surface area contributed by atoms with Crippen molar-refractivity contribution in [2.24, 2.45) is 0 Å². The molecule has 0 radical (unpaired) electrons. The standard InChI is InChI=1S/C25H22F2N10O2S2/c1-2-14-10-29-18-11-35(7-8-36(14)18)21-19-16-4-3-15(41(38,39)34-25(12-28)5-6-25)9-17(16)37(22(19)31-13-30-21)24-33-32-23(40-24)20(26)27/h3-4,9-10,13,20,34H,2,5-8,11H2,1H3. The summed E-state index contributed by atoms with van der Waals surface area (Å²) in [6.07, 6.45) is 2.19. The number of rotatable bonds is 7. The Morgan fingerprint density at radius 2 is 2.02 bits per heavy atom. The number of aromatic nitrogens is 7. The number of hydrogen-bond acceptors (Lipinski definition) is 10. The Balaban J connectivity index is 1.42. The van der Waals surface area contributed by atoms with Crippen LogP contribution in [0.5, 0.6) is 0 Å². The van der Waals surface area contributed by atoms with E-state index in [1.807, 2.05) is 12.3 Å². The lowest BCUT2D eigenvalue weighted by molar-refractivity contribution is 0.150. The molecular weight excluding hydrogens is 574 g/mol. The number of nitrogens with one attached hydrogen (secondary N) is 1. The third kappa shape index (κ3) is 4.14. The van der Waals surface area contributed by atoms with Crippen molar-refractivity contribution in [1.29, 1.82) is 5.26 Å². The molecule has 41 heavy (non-hydrogen) atoms. The summed E-state index contributed by atoms with van der Waals surface area (Å²) >= 11 is 0.698. The molecule has 1 aliphatic heterocycles. The topological polar surface area (TPSA) is 148 Å². The molecule has 0 spiro atoms. The van der Waals surface area contributed by atoms with E-state index in [0.717, 1.165) is 17.9 Å². The van der Waals surface area contributed by atoms with Gasteiger partial charge in [0.05, 0.1) is 28.4 Å². The first-order valence-corrected chi connectivity index (χ1v) is 15.2. The summed E-state index contributed by atoms with van der Waals surface area (Å²) in [5.74, 6) is 1.51. The maximum absolute atomic E-state index is 13.5. The first-order valence-electron chi connectivity index (χ1n) is 12.9. The maximum Gasteiger partial charge on any atom is 0.291 e. The third-order valence-corrected chi connectivity index (χ3v) is 9.97. The highest BCUT2D eigenvalue weighted by Crippen LogP contribution is 2.40. The van der Waals surface area contributed by atoms with Crippen LogP contribution in [0, 0.1) is 11.3 Å². The predicted octanol–water partition coefficient (Wildman–Crippen LogP) is 3.48. The molecule has 1 fully saturated rings. The molecule has 16 heteroatoms. The van der Waals surface area contributed by atoms with Crippen LogP contribution in [0.4, 0.5) is 14.6 Å². The molecule has 1 aromatic carbocycles. The summed E-state index contributed by atoms with van der Waals surface area (Å²) in [5.41, 5.74) is 0.808. The minimum atomic E-state index is -4.06. The number of nitrogens with zero attached hydrogens (tertiary/aromatic N) is 9. The number of aryl methyl sites for hydroxylation is 1. The highest BCUT2D eigenvalue weighted by Gasteiger charge is 2.47. The lowest BCUT2D eigenvalue weighted by Gasteiger charge is -2.29. The number of sulfonamides is 1. The molecule has 7 rings (SSSR count). The van der Waals surface area contributed by atoms with Crippen molar-refractivity contribution < 1.29 is 17.2 Å². The number of imidazole rings is 1. The SMILES string of the molecule is CCc1cnc2n1CCN(c1ncnc3c1c1ccc(S(=O)(=O)NC4(C#N)CC4)cc1n3-c1nnc(C(F)F)s1)C2. The molecule has 12 nitrogen and oxygen atoms in total. The normalized spacial score (nSPS) is 16.4. The number of benzene rings is 1. The van der Waals surface area contributed by atoms with Crippen LogP contribution >= 0.6 is 11.3 Å². The number of nitriles is 1. The second-order valence-corrected chi connectivity index (χ2v) is 12.7. The number of alkyl halides is 2. The molecule has 0 amide bonds. The Morgan fingerprint density at radius 1 is 1.20 bits per heavy atom. The molecular formula is C25H22F2N10O2S2. The van der Waals surface area contributed by atoms with Crippen molar-refractivity contribution in [2.45, 2.75) is 56.1 Å². The van der Waals surface area contributed by atoms with Gasteiger partial charge in [-0.05, 0) is 31.4 Å². The van der Waals surface area contributed by atoms with Crippen molar-refractivity contribution in [2.75, 3.05) is 11.4 Å². The average Bonchev–Trinajstić information content (AvgIpc) is 3.30. The molecule has 0 atom stereocenters. The van der Waals surface area contributed by atoms with E-state index in [-0.39, 0.29) is 10.0 Å². The number of hydrogen-bond donors (Lipinski definition) is 1. The Kier molecular flexibility index (Phi) is 5.82. The van der Waals surface area contributed by atoms with E-state index < -0.39 is 27.0 Å². The van der Waals surface area contributed by atoms with Crippen molar-refractivity contribution in [1.82, 2.24) is 39.0 Å². The summed E-state index contributed by atoms with van der Waals surface area (Å²) in [7, 11) is -4.06. The van der Waals surface area contributed by atoms with Gasteiger partial charge in [-0.25, -0.2) is 32.2 Å². The van der Waals surface area contributed by atoms with E-state index in [0.29, 0.717) is 71.6 Å². The maximum atomic E-state index is 13.5. The smallest absolute Gasteiger partial charge is 0.291 e. The van der Waals surface area contributed by atoms with Crippen LogP contribution in [0.1, 0.15) is 42.7 Å². The van der Waals surface area contributed by atoms with Gasteiger partial charge in [0, 0.05) is 30.4 Å². The summed E-state index contributed by atoms with van der Waals surface area (Å²) in [6, 6.07) is 6.58. The molecule has 0 bridgehead atoms.